The minimum atomic E-state index is -3.05. The highest BCUT2D eigenvalue weighted by Crippen LogP contribution is 2.23. The van der Waals surface area contributed by atoms with Crippen LogP contribution in [0.1, 0.15) is 13.8 Å². The fourth-order valence-corrected chi connectivity index (χ4v) is 4.29. The molecule has 0 unspecified atom stereocenters. The minimum absolute atomic E-state index is 0.148. The van der Waals surface area contributed by atoms with Gasteiger partial charge in [-0.1, -0.05) is 22.0 Å². The van der Waals surface area contributed by atoms with Crippen molar-refractivity contribution in [2.24, 2.45) is 4.99 Å². The number of aliphatic imine (C=N–C) groups is 1. The van der Waals surface area contributed by atoms with Crippen LogP contribution in [-0.4, -0.2) is 63.1 Å². The van der Waals surface area contributed by atoms with Gasteiger partial charge in [-0.15, -0.1) is 0 Å². The van der Waals surface area contributed by atoms with Crippen molar-refractivity contribution < 1.29 is 13.2 Å². The number of rotatable bonds is 4. The fourth-order valence-electron chi connectivity index (χ4n) is 2.55. The van der Waals surface area contributed by atoms with Crippen LogP contribution in [0.2, 0.25) is 0 Å². The van der Waals surface area contributed by atoms with E-state index in [1.807, 2.05) is 29.2 Å². The van der Waals surface area contributed by atoms with Crippen molar-refractivity contribution in [2.45, 2.75) is 18.6 Å². The highest BCUT2D eigenvalue weighted by Gasteiger charge is 2.40. The highest BCUT2D eigenvalue weighted by atomic mass is 79.9. The van der Waals surface area contributed by atoms with Gasteiger partial charge in [0, 0.05) is 24.6 Å². The molecule has 1 saturated heterocycles. The number of ether oxygens (including phenoxy) is 1. The Morgan fingerprint density at radius 3 is 2.83 bits per heavy atom. The topological polar surface area (TPSA) is 71.0 Å². The fraction of sp³-hybridized carbons (Fsp3) is 0.562. The zero-order valence-electron chi connectivity index (χ0n) is 14.3. The first-order valence-electron chi connectivity index (χ1n) is 7.81. The van der Waals surface area contributed by atoms with Crippen molar-refractivity contribution in [3.63, 3.8) is 0 Å². The van der Waals surface area contributed by atoms with E-state index >= 15 is 0 Å². The predicted octanol–water partition coefficient (Wildman–Crippen LogP) is 1.91. The summed E-state index contributed by atoms with van der Waals surface area (Å²) in [4.78, 5) is 6.24. The lowest BCUT2D eigenvalue weighted by Crippen LogP contribution is -2.57. The van der Waals surface area contributed by atoms with E-state index in [9.17, 15) is 8.42 Å². The molecule has 24 heavy (non-hydrogen) atoms. The Hall–Kier alpha value is -1.28. The Bertz CT molecular complexity index is 704. The maximum Gasteiger partial charge on any atom is 0.193 e. The van der Waals surface area contributed by atoms with Gasteiger partial charge in [0.05, 0.1) is 17.0 Å². The van der Waals surface area contributed by atoms with Gasteiger partial charge in [0.25, 0.3) is 0 Å². The zero-order valence-corrected chi connectivity index (χ0v) is 16.7. The first-order valence-corrected chi connectivity index (χ1v) is 10.3. The molecule has 0 atom stereocenters. The van der Waals surface area contributed by atoms with Crippen molar-refractivity contribution in [1.82, 2.24) is 10.2 Å². The standard InChI is InChI=1S/C16H24BrN3O3S/c1-16(2)12-20(8-10-24(16,21)22)15(18-3)19-7-9-23-14-6-4-5-13(17)11-14/h4-6,11H,7-10,12H2,1-3H3,(H,18,19). The molecule has 1 aliphatic heterocycles. The largest absolute Gasteiger partial charge is 0.492 e. The molecule has 0 aromatic heterocycles. The van der Waals surface area contributed by atoms with Crippen LogP contribution in [0.25, 0.3) is 0 Å². The lowest BCUT2D eigenvalue weighted by atomic mass is 10.2. The number of nitrogens with zero attached hydrogens (tertiary/aromatic N) is 2. The van der Waals surface area contributed by atoms with Gasteiger partial charge in [0.2, 0.25) is 0 Å². The summed E-state index contributed by atoms with van der Waals surface area (Å²) in [6.45, 7) is 5.49. The van der Waals surface area contributed by atoms with Gasteiger partial charge >= 0.3 is 0 Å². The van der Waals surface area contributed by atoms with Crippen molar-refractivity contribution in [2.75, 3.05) is 39.0 Å². The average Bonchev–Trinajstić information content (AvgIpc) is 2.50. The molecule has 1 aromatic rings. The molecule has 6 nitrogen and oxygen atoms in total. The first-order chi connectivity index (χ1) is 11.2. The van der Waals surface area contributed by atoms with Gasteiger partial charge in [-0.25, -0.2) is 8.42 Å². The van der Waals surface area contributed by atoms with Gasteiger partial charge in [0.15, 0.2) is 15.8 Å². The van der Waals surface area contributed by atoms with Gasteiger partial charge in [-0.2, -0.15) is 0 Å². The van der Waals surface area contributed by atoms with E-state index in [1.54, 1.807) is 20.9 Å². The van der Waals surface area contributed by atoms with Crippen molar-refractivity contribution in [1.29, 1.82) is 0 Å². The summed E-state index contributed by atoms with van der Waals surface area (Å²) < 4.78 is 30.1. The number of hydrogen-bond acceptors (Lipinski definition) is 4. The van der Waals surface area contributed by atoms with Gasteiger partial charge in [-0.05, 0) is 32.0 Å². The second kappa shape index (κ2) is 7.74. The average molecular weight is 418 g/mol. The number of nitrogens with one attached hydrogen (secondary N) is 1. The summed E-state index contributed by atoms with van der Waals surface area (Å²) in [7, 11) is -1.35. The molecule has 2 rings (SSSR count). The normalized spacial score (nSPS) is 19.8. The van der Waals surface area contributed by atoms with E-state index in [0.29, 0.717) is 32.2 Å². The van der Waals surface area contributed by atoms with E-state index in [4.69, 9.17) is 4.74 Å². The van der Waals surface area contributed by atoms with Crippen LogP contribution in [0, 0.1) is 0 Å². The Morgan fingerprint density at radius 1 is 1.46 bits per heavy atom. The van der Waals surface area contributed by atoms with Crippen LogP contribution in [0.3, 0.4) is 0 Å². The molecular formula is C16H24BrN3O3S. The molecule has 1 fully saturated rings. The molecule has 0 bridgehead atoms. The van der Waals surface area contributed by atoms with E-state index in [-0.39, 0.29) is 5.75 Å². The van der Waals surface area contributed by atoms with Gasteiger partial charge in [-0.3, -0.25) is 4.99 Å². The number of guanidine groups is 1. The molecule has 0 aliphatic carbocycles. The summed E-state index contributed by atoms with van der Waals surface area (Å²) in [5.74, 6) is 1.65. The smallest absolute Gasteiger partial charge is 0.193 e. The van der Waals surface area contributed by atoms with Gasteiger partial charge < -0.3 is 15.0 Å². The van der Waals surface area contributed by atoms with Crippen LogP contribution in [0.5, 0.6) is 5.75 Å². The number of hydrogen-bond donors (Lipinski definition) is 1. The maximum absolute atomic E-state index is 12.1. The molecule has 0 saturated carbocycles. The molecular weight excluding hydrogens is 394 g/mol. The second-order valence-electron chi connectivity index (χ2n) is 6.28. The van der Waals surface area contributed by atoms with Crippen LogP contribution >= 0.6 is 15.9 Å². The highest BCUT2D eigenvalue weighted by molar-refractivity contribution is 9.10. The number of sulfone groups is 1. The Kier molecular flexibility index (Phi) is 6.14. The third kappa shape index (κ3) is 4.63. The molecule has 0 amide bonds. The SMILES string of the molecule is CN=C(NCCOc1cccc(Br)c1)N1CCS(=O)(=O)C(C)(C)C1. The summed E-state index contributed by atoms with van der Waals surface area (Å²) in [5.41, 5.74) is 0. The van der Waals surface area contributed by atoms with E-state index in [0.717, 1.165) is 10.2 Å². The zero-order chi connectivity index (χ0) is 17.8. The molecule has 1 N–H and O–H groups in total. The van der Waals surface area contributed by atoms with Crippen molar-refractivity contribution in [3.8, 4) is 5.75 Å². The van der Waals surface area contributed by atoms with Crippen molar-refractivity contribution >= 4 is 31.7 Å². The van der Waals surface area contributed by atoms with Crippen LogP contribution in [0.15, 0.2) is 33.7 Å². The second-order valence-corrected chi connectivity index (χ2v) is 9.94. The van der Waals surface area contributed by atoms with Gasteiger partial charge in [0.1, 0.15) is 12.4 Å². The molecule has 1 aromatic carbocycles. The lowest BCUT2D eigenvalue weighted by molar-refractivity contribution is 0.313. The van der Waals surface area contributed by atoms with Crippen LogP contribution < -0.4 is 10.1 Å². The third-order valence-corrected chi connectivity index (χ3v) is 7.03. The Labute approximate surface area is 152 Å². The monoisotopic (exact) mass is 417 g/mol. The molecule has 1 aliphatic rings. The predicted molar refractivity (Wildman–Crippen MR) is 100 cm³/mol. The minimum Gasteiger partial charge on any atom is -0.492 e. The van der Waals surface area contributed by atoms with Crippen LogP contribution in [-0.2, 0) is 9.84 Å². The van der Waals surface area contributed by atoms with Crippen molar-refractivity contribution in [3.05, 3.63) is 28.7 Å². The first kappa shape index (κ1) is 19.1. The third-order valence-electron chi connectivity index (χ3n) is 4.00. The van der Waals surface area contributed by atoms with Crippen LogP contribution in [0.4, 0.5) is 0 Å². The quantitative estimate of drug-likeness (QED) is 0.460. The lowest BCUT2D eigenvalue weighted by Gasteiger charge is -2.39. The summed E-state index contributed by atoms with van der Waals surface area (Å²) >= 11 is 3.41. The maximum atomic E-state index is 12.1. The number of benzene rings is 1. The van der Waals surface area contributed by atoms with E-state index in [1.165, 1.54) is 0 Å². The molecule has 1 heterocycles. The summed E-state index contributed by atoms with van der Waals surface area (Å²) in [6, 6.07) is 7.67. The molecule has 134 valence electrons. The molecule has 0 radical (unpaired) electrons. The molecule has 8 heteroatoms. The Morgan fingerprint density at radius 2 is 2.21 bits per heavy atom. The van der Waals surface area contributed by atoms with E-state index in [2.05, 4.69) is 26.2 Å². The van der Waals surface area contributed by atoms with E-state index < -0.39 is 14.6 Å². The summed E-state index contributed by atoms with van der Waals surface area (Å²) in [6.07, 6.45) is 0. The molecule has 0 spiro atoms. The number of halogens is 1. The summed E-state index contributed by atoms with van der Waals surface area (Å²) in [5, 5.41) is 3.23. The Balaban J connectivity index is 1.85.